The molecule has 0 spiro atoms. The number of fused-ring (bicyclic) bond motifs is 2. The Bertz CT molecular complexity index is 2340. The number of aromatic nitrogens is 5. The summed E-state index contributed by atoms with van der Waals surface area (Å²) in [5, 5.41) is 11.4. The molecule has 61 heavy (non-hydrogen) atoms. The number of nitrogens with one attached hydrogen (secondary N) is 2. The fraction of sp³-hybridized carbons (Fsp3) is 0.383. The van der Waals surface area contributed by atoms with Crippen molar-refractivity contribution in [2.75, 3.05) is 80.0 Å². The summed E-state index contributed by atoms with van der Waals surface area (Å²) in [4.78, 5) is 28.4. The Kier molecular flexibility index (Phi) is 15.8. The van der Waals surface area contributed by atoms with Crippen LogP contribution in [-0.4, -0.2) is 122 Å². The van der Waals surface area contributed by atoms with Gasteiger partial charge in [-0.1, -0.05) is 35.5 Å². The van der Waals surface area contributed by atoms with Crippen molar-refractivity contribution >= 4 is 28.3 Å². The number of amides is 1. The van der Waals surface area contributed by atoms with Crippen molar-refractivity contribution in [3.63, 3.8) is 0 Å². The van der Waals surface area contributed by atoms with Crippen LogP contribution in [0, 0.1) is 0 Å². The van der Waals surface area contributed by atoms with Gasteiger partial charge in [0.15, 0.2) is 0 Å². The zero-order valence-electron chi connectivity index (χ0n) is 35.4. The lowest BCUT2D eigenvalue weighted by molar-refractivity contribution is -0.00324. The second-order valence-corrected chi connectivity index (χ2v) is 15.1. The quantitative estimate of drug-likeness (QED) is 0.0584. The average molecular weight is 829 g/mol. The summed E-state index contributed by atoms with van der Waals surface area (Å²) in [5.41, 5.74) is 10.6. The molecule has 1 amide bonds. The van der Waals surface area contributed by atoms with Gasteiger partial charge in [0.25, 0.3) is 5.91 Å². The highest BCUT2D eigenvalue weighted by molar-refractivity contribution is 6.07. The highest BCUT2D eigenvalue weighted by atomic mass is 16.6. The molecule has 0 unspecified atom stereocenters. The summed E-state index contributed by atoms with van der Waals surface area (Å²) in [7, 11) is 4.14. The topological polar surface area (TPSA) is 150 Å². The minimum absolute atomic E-state index is 0.115. The summed E-state index contributed by atoms with van der Waals surface area (Å²) in [6.07, 6.45) is 4.29. The predicted octanol–water partition coefficient (Wildman–Crippen LogP) is 6.90. The standard InChI is InChI=1S/C47H56N8O6/c1-4-57-23-24-58-25-26-59-27-28-60-33-40-32-55(53-52-40)21-5-19-48-47(56)36-9-7-34(8-10-36)43-31-39-12-11-37(29-44(39)49-43)38-15-18-42-45(30-38)51-46(50-42)35-13-16-41(17-14-35)61-22-6-20-54(2)3/h7-18,29-30,32H,4-6,19-28,31,33H2,1-3H3,(H,48,56)(H,50,51). The van der Waals surface area contributed by atoms with Crippen LogP contribution in [0.1, 0.15) is 46.9 Å². The molecule has 0 fully saturated rings. The first-order chi connectivity index (χ1) is 29.9. The third kappa shape index (κ3) is 12.6. The van der Waals surface area contributed by atoms with Crippen LogP contribution in [0.5, 0.6) is 5.75 Å². The van der Waals surface area contributed by atoms with E-state index < -0.39 is 0 Å². The summed E-state index contributed by atoms with van der Waals surface area (Å²) in [6, 6.07) is 28.5. The van der Waals surface area contributed by atoms with Gasteiger partial charge in [0.05, 0.1) is 81.5 Å². The molecule has 0 radical (unpaired) electrons. The fourth-order valence-electron chi connectivity index (χ4n) is 6.89. The molecule has 0 saturated carbocycles. The zero-order valence-corrected chi connectivity index (χ0v) is 35.4. The number of hydrogen-bond acceptors (Lipinski definition) is 11. The second-order valence-electron chi connectivity index (χ2n) is 15.1. The number of benzene rings is 4. The van der Waals surface area contributed by atoms with Gasteiger partial charge >= 0.3 is 0 Å². The Morgan fingerprint density at radius 1 is 0.787 bits per heavy atom. The SMILES string of the molecule is CCOCCOCCOCCOCc1cn(CCCNC(=O)c2ccc(C3=Nc4cc(-c5ccc6nc(-c7ccc(OCCCN(C)C)cc7)[nH]c6c5)ccc4C3)cc2)nn1. The van der Waals surface area contributed by atoms with Crippen LogP contribution in [0.15, 0.2) is 96.1 Å². The normalized spacial score (nSPS) is 12.3. The number of carbonyl (C=O) groups is 1. The Morgan fingerprint density at radius 3 is 2.26 bits per heavy atom. The lowest BCUT2D eigenvalue weighted by atomic mass is 9.99. The molecule has 1 aliphatic heterocycles. The predicted molar refractivity (Wildman–Crippen MR) is 237 cm³/mol. The number of aryl methyl sites for hydroxylation is 1. The van der Waals surface area contributed by atoms with Gasteiger partial charge in [-0.05, 0) is 111 Å². The third-order valence-corrected chi connectivity index (χ3v) is 10.1. The molecule has 0 aliphatic carbocycles. The number of aliphatic imine (C=N–C) groups is 1. The summed E-state index contributed by atoms with van der Waals surface area (Å²) < 4.78 is 29.5. The van der Waals surface area contributed by atoms with Crippen molar-refractivity contribution in [3.05, 3.63) is 114 Å². The first-order valence-electron chi connectivity index (χ1n) is 21.1. The van der Waals surface area contributed by atoms with E-state index in [0.29, 0.717) is 84.5 Å². The van der Waals surface area contributed by atoms with Gasteiger partial charge in [-0.3, -0.25) is 14.5 Å². The molecule has 6 aromatic rings. The number of imidazole rings is 1. The molecule has 7 rings (SSSR count). The number of nitrogens with zero attached hydrogens (tertiary/aromatic N) is 6. The molecule has 0 bridgehead atoms. The van der Waals surface area contributed by atoms with Gasteiger partial charge in [0.2, 0.25) is 0 Å². The fourth-order valence-corrected chi connectivity index (χ4v) is 6.89. The van der Waals surface area contributed by atoms with Crippen molar-refractivity contribution in [1.29, 1.82) is 0 Å². The average Bonchev–Trinajstić information content (AvgIpc) is 4.04. The largest absolute Gasteiger partial charge is 0.494 e. The van der Waals surface area contributed by atoms with Gasteiger partial charge in [-0.2, -0.15) is 0 Å². The number of rotatable bonds is 25. The number of H-pyrrole nitrogens is 1. The second kappa shape index (κ2) is 22.2. The highest BCUT2D eigenvalue weighted by Gasteiger charge is 2.18. The Morgan fingerprint density at radius 2 is 1.49 bits per heavy atom. The summed E-state index contributed by atoms with van der Waals surface area (Å²) >= 11 is 0. The molecule has 3 heterocycles. The lowest BCUT2D eigenvalue weighted by Crippen LogP contribution is -2.25. The minimum atomic E-state index is -0.115. The number of carbonyl (C=O) groups excluding carboxylic acids is 1. The first-order valence-corrected chi connectivity index (χ1v) is 21.1. The molecule has 2 aromatic heterocycles. The van der Waals surface area contributed by atoms with Gasteiger partial charge in [-0.15, -0.1) is 5.10 Å². The zero-order chi connectivity index (χ0) is 42.2. The molecular formula is C47H56N8O6. The van der Waals surface area contributed by atoms with Gasteiger partial charge in [0, 0.05) is 43.8 Å². The van der Waals surface area contributed by atoms with Gasteiger partial charge in [-0.25, -0.2) is 4.98 Å². The van der Waals surface area contributed by atoms with E-state index in [1.807, 2.05) is 61.7 Å². The lowest BCUT2D eigenvalue weighted by Gasteiger charge is -2.10. The Balaban J connectivity index is 0.837. The molecular weight excluding hydrogens is 773 g/mol. The van der Waals surface area contributed by atoms with Crippen molar-refractivity contribution in [2.45, 2.75) is 39.3 Å². The highest BCUT2D eigenvalue weighted by Crippen LogP contribution is 2.35. The van der Waals surface area contributed by atoms with Crippen molar-refractivity contribution in [1.82, 2.24) is 35.2 Å². The monoisotopic (exact) mass is 828 g/mol. The molecule has 2 N–H and O–H groups in total. The van der Waals surface area contributed by atoms with Crippen LogP contribution in [0.2, 0.25) is 0 Å². The van der Waals surface area contributed by atoms with Gasteiger partial charge < -0.3 is 38.9 Å². The van der Waals surface area contributed by atoms with Crippen LogP contribution in [0.25, 0.3) is 33.5 Å². The van der Waals surface area contributed by atoms with Crippen molar-refractivity contribution < 1.29 is 28.5 Å². The van der Waals surface area contributed by atoms with Gasteiger partial charge in [0.1, 0.15) is 17.3 Å². The van der Waals surface area contributed by atoms with E-state index in [0.717, 1.165) is 81.3 Å². The molecule has 0 saturated heterocycles. The van der Waals surface area contributed by atoms with E-state index in [1.165, 1.54) is 5.56 Å². The van der Waals surface area contributed by atoms with Crippen LogP contribution in [0.3, 0.4) is 0 Å². The molecule has 0 atom stereocenters. The molecule has 320 valence electrons. The van der Waals surface area contributed by atoms with E-state index in [2.05, 4.69) is 76.0 Å². The van der Waals surface area contributed by atoms with E-state index >= 15 is 0 Å². The summed E-state index contributed by atoms with van der Waals surface area (Å²) in [5.74, 6) is 1.57. The molecule has 1 aliphatic rings. The maximum Gasteiger partial charge on any atom is 0.251 e. The van der Waals surface area contributed by atoms with E-state index in [1.54, 1.807) is 4.68 Å². The minimum Gasteiger partial charge on any atom is -0.494 e. The van der Waals surface area contributed by atoms with Crippen molar-refractivity contribution in [2.24, 2.45) is 4.99 Å². The van der Waals surface area contributed by atoms with Crippen LogP contribution in [0.4, 0.5) is 5.69 Å². The first kappa shape index (κ1) is 43.3. The summed E-state index contributed by atoms with van der Waals surface area (Å²) in [6.45, 7) is 8.99. The Hall–Kier alpha value is -5.77. The molecule has 14 heteroatoms. The third-order valence-electron chi connectivity index (χ3n) is 10.1. The van der Waals surface area contributed by atoms with E-state index in [9.17, 15) is 4.79 Å². The maximum absolute atomic E-state index is 12.9. The Labute approximate surface area is 357 Å². The van der Waals surface area contributed by atoms with Crippen molar-refractivity contribution in [3.8, 4) is 28.3 Å². The number of hydrogen-bond donors (Lipinski definition) is 2. The smallest absolute Gasteiger partial charge is 0.251 e. The van der Waals surface area contributed by atoms with Crippen LogP contribution in [-0.2, 0) is 38.5 Å². The maximum atomic E-state index is 12.9. The van der Waals surface area contributed by atoms with E-state index in [4.69, 9.17) is 33.7 Å². The van der Waals surface area contributed by atoms with Crippen LogP contribution < -0.4 is 10.1 Å². The number of aromatic amines is 1. The van der Waals surface area contributed by atoms with Crippen LogP contribution >= 0.6 is 0 Å². The van der Waals surface area contributed by atoms with E-state index in [-0.39, 0.29) is 5.91 Å². The number of ether oxygens (including phenoxy) is 5. The molecule has 14 nitrogen and oxygen atoms in total. The molecule has 4 aromatic carbocycles.